The number of hydrogen-bond donors (Lipinski definition) is 1. The molecule has 0 saturated heterocycles. The van der Waals surface area contributed by atoms with Crippen molar-refractivity contribution >= 4 is 11.5 Å². The van der Waals surface area contributed by atoms with E-state index in [0.717, 1.165) is 60.1 Å². The molecular formula is C33H33F3O3. The number of carboxylic acid groups (broad SMARTS) is 1. The lowest BCUT2D eigenvalue weighted by Gasteiger charge is -2.25. The summed E-state index contributed by atoms with van der Waals surface area (Å²) in [7, 11) is 0. The Morgan fingerprint density at radius 2 is 1.79 bits per heavy atom. The van der Waals surface area contributed by atoms with Crippen molar-refractivity contribution in [2.75, 3.05) is 0 Å². The molecule has 0 radical (unpaired) electrons. The third-order valence-corrected chi connectivity index (χ3v) is 8.03. The zero-order valence-corrected chi connectivity index (χ0v) is 22.2. The van der Waals surface area contributed by atoms with Crippen LogP contribution in [0.25, 0.3) is 16.7 Å². The minimum absolute atomic E-state index is 0.0210. The van der Waals surface area contributed by atoms with E-state index in [1.807, 2.05) is 36.4 Å². The highest BCUT2D eigenvalue weighted by Gasteiger charge is 2.34. The molecule has 5 rings (SSSR count). The van der Waals surface area contributed by atoms with Crippen LogP contribution in [0.5, 0.6) is 5.75 Å². The van der Waals surface area contributed by atoms with Gasteiger partial charge in [0.15, 0.2) is 0 Å². The van der Waals surface area contributed by atoms with Crippen LogP contribution in [-0.2, 0) is 11.4 Å². The van der Waals surface area contributed by atoms with Gasteiger partial charge in [-0.05, 0) is 101 Å². The number of hydrogen-bond acceptors (Lipinski definition) is 2. The minimum atomic E-state index is -2.69. The van der Waals surface area contributed by atoms with Crippen LogP contribution < -0.4 is 4.74 Å². The molecule has 3 nitrogen and oxygen atoms in total. The summed E-state index contributed by atoms with van der Waals surface area (Å²) in [4.78, 5) is 11.4. The highest BCUT2D eigenvalue weighted by Crippen LogP contribution is 2.48. The lowest BCUT2D eigenvalue weighted by Crippen LogP contribution is -2.10. The van der Waals surface area contributed by atoms with Gasteiger partial charge in [0.1, 0.15) is 18.2 Å². The van der Waals surface area contributed by atoms with Gasteiger partial charge in [0.05, 0.1) is 6.42 Å². The average Bonchev–Trinajstić information content (AvgIpc) is 3.68. The Balaban J connectivity index is 1.45. The topological polar surface area (TPSA) is 46.5 Å². The van der Waals surface area contributed by atoms with Gasteiger partial charge in [-0.3, -0.25) is 4.79 Å². The van der Waals surface area contributed by atoms with Crippen LogP contribution in [0, 0.1) is 17.2 Å². The van der Waals surface area contributed by atoms with Gasteiger partial charge in [-0.1, -0.05) is 50.3 Å². The Hall–Kier alpha value is -3.54. The van der Waals surface area contributed by atoms with Gasteiger partial charge < -0.3 is 9.84 Å². The molecule has 2 aliphatic carbocycles. The van der Waals surface area contributed by atoms with Gasteiger partial charge in [0, 0.05) is 11.1 Å². The maximum absolute atomic E-state index is 15.0. The van der Waals surface area contributed by atoms with Gasteiger partial charge in [-0.2, -0.15) is 0 Å². The summed E-state index contributed by atoms with van der Waals surface area (Å²) in [6, 6.07) is 16.7. The van der Waals surface area contributed by atoms with Gasteiger partial charge >= 0.3 is 5.97 Å². The van der Waals surface area contributed by atoms with Gasteiger partial charge in [0.2, 0.25) is 0 Å². The first-order chi connectivity index (χ1) is 18.6. The molecule has 0 heterocycles. The fourth-order valence-electron chi connectivity index (χ4n) is 5.73. The largest absolute Gasteiger partial charge is 0.489 e. The fourth-order valence-corrected chi connectivity index (χ4v) is 5.73. The molecule has 1 saturated carbocycles. The lowest BCUT2D eigenvalue weighted by atomic mass is 9.79. The number of allylic oxidation sites excluding steroid dienone is 2. The van der Waals surface area contributed by atoms with E-state index in [1.165, 1.54) is 6.07 Å². The maximum Gasteiger partial charge on any atom is 0.303 e. The van der Waals surface area contributed by atoms with Crippen molar-refractivity contribution in [3.63, 3.8) is 0 Å². The number of halogens is 3. The molecule has 0 aliphatic heterocycles. The van der Waals surface area contributed by atoms with Crippen molar-refractivity contribution in [1.82, 2.24) is 0 Å². The zero-order chi connectivity index (χ0) is 27.7. The normalized spacial score (nSPS) is 17.2. The summed E-state index contributed by atoms with van der Waals surface area (Å²) >= 11 is 0. The second kappa shape index (κ2) is 10.9. The summed E-state index contributed by atoms with van der Waals surface area (Å²) in [5.74, 6) is -0.300. The molecule has 0 bridgehead atoms. The number of benzene rings is 3. The van der Waals surface area contributed by atoms with Crippen molar-refractivity contribution in [2.24, 2.45) is 11.3 Å². The molecule has 2 aliphatic rings. The standard InChI is InChI=1S/C33H33F3O3/c1-33(2)14-4-7-29(33)27-15-20(8-12-25(27)28-17-23(32(35)36)11-13-30(28)34)19-39-24-6-3-5-22(16-24)26(18-31(37)38)21-9-10-21/h3,5-8,11-13,15-17,21,26,32H,4,9-10,14,18-19H2,1-2H3,(H,37,38)/t26-/m1/s1. The van der Waals surface area contributed by atoms with Crippen molar-refractivity contribution in [1.29, 1.82) is 0 Å². The maximum atomic E-state index is 15.0. The lowest BCUT2D eigenvalue weighted by molar-refractivity contribution is -0.137. The molecule has 0 aromatic heterocycles. The highest BCUT2D eigenvalue weighted by atomic mass is 19.3. The van der Waals surface area contributed by atoms with E-state index >= 15 is 0 Å². The van der Waals surface area contributed by atoms with E-state index in [9.17, 15) is 23.1 Å². The Labute approximate surface area is 227 Å². The molecule has 3 aromatic rings. The molecular weight excluding hydrogens is 501 g/mol. The average molecular weight is 535 g/mol. The van der Waals surface area contributed by atoms with Crippen LogP contribution in [0.15, 0.2) is 66.7 Å². The van der Waals surface area contributed by atoms with Crippen molar-refractivity contribution in [3.8, 4) is 16.9 Å². The fraction of sp³-hybridized carbons (Fsp3) is 0.364. The van der Waals surface area contributed by atoms with Gasteiger partial charge in [-0.25, -0.2) is 13.2 Å². The third kappa shape index (κ3) is 6.05. The van der Waals surface area contributed by atoms with Crippen molar-refractivity contribution in [3.05, 3.63) is 94.8 Å². The van der Waals surface area contributed by atoms with Gasteiger partial charge in [0.25, 0.3) is 6.43 Å². The molecule has 39 heavy (non-hydrogen) atoms. The van der Waals surface area contributed by atoms with E-state index in [1.54, 1.807) is 6.07 Å². The highest BCUT2D eigenvalue weighted by molar-refractivity contribution is 5.85. The molecule has 0 amide bonds. The smallest absolute Gasteiger partial charge is 0.303 e. The number of rotatable bonds is 10. The van der Waals surface area contributed by atoms with Crippen LogP contribution in [0.1, 0.15) is 80.5 Å². The number of carbonyl (C=O) groups is 1. The minimum Gasteiger partial charge on any atom is -0.489 e. The van der Waals surface area contributed by atoms with Crippen molar-refractivity contribution in [2.45, 2.75) is 64.9 Å². The zero-order valence-electron chi connectivity index (χ0n) is 22.2. The molecule has 1 atom stereocenters. The number of ether oxygens (including phenoxy) is 1. The Kier molecular flexibility index (Phi) is 7.57. The molecule has 3 aromatic carbocycles. The van der Waals surface area contributed by atoms with Gasteiger partial charge in [-0.15, -0.1) is 0 Å². The third-order valence-electron chi connectivity index (χ3n) is 8.03. The summed E-state index contributed by atoms with van der Waals surface area (Å²) in [5.41, 5.74) is 4.15. The molecule has 6 heteroatoms. The first kappa shape index (κ1) is 27.0. The quantitative estimate of drug-likeness (QED) is 0.282. The number of carboxylic acids is 1. The number of aliphatic carboxylic acids is 1. The van der Waals surface area contributed by atoms with E-state index in [-0.39, 0.29) is 35.5 Å². The predicted molar refractivity (Wildman–Crippen MR) is 146 cm³/mol. The molecule has 0 unspecified atom stereocenters. The Morgan fingerprint density at radius 3 is 2.46 bits per heavy atom. The van der Waals surface area contributed by atoms with E-state index in [4.69, 9.17) is 4.74 Å². The molecule has 0 spiro atoms. The first-order valence-electron chi connectivity index (χ1n) is 13.5. The first-order valence-corrected chi connectivity index (χ1v) is 13.5. The molecule has 1 N–H and O–H groups in total. The predicted octanol–water partition coefficient (Wildman–Crippen LogP) is 9.18. The monoisotopic (exact) mass is 534 g/mol. The van der Waals surface area contributed by atoms with Crippen LogP contribution in [0.4, 0.5) is 13.2 Å². The van der Waals surface area contributed by atoms with Crippen LogP contribution in [-0.4, -0.2) is 11.1 Å². The Morgan fingerprint density at radius 1 is 1.00 bits per heavy atom. The van der Waals surface area contributed by atoms with Crippen LogP contribution in [0.2, 0.25) is 0 Å². The summed E-state index contributed by atoms with van der Waals surface area (Å²) in [6.07, 6.45) is 3.51. The SMILES string of the molecule is CC1(C)CCC=C1c1cc(COc2cccc([C@H](CC(=O)O)C3CC3)c2)ccc1-c1cc(C(F)F)ccc1F. The van der Waals surface area contributed by atoms with Crippen molar-refractivity contribution < 1.29 is 27.8 Å². The Bertz CT molecular complexity index is 1410. The molecule has 204 valence electrons. The van der Waals surface area contributed by atoms with E-state index in [0.29, 0.717) is 17.2 Å². The van der Waals surface area contributed by atoms with E-state index in [2.05, 4.69) is 19.9 Å². The summed E-state index contributed by atoms with van der Waals surface area (Å²) in [6.45, 7) is 4.55. The summed E-state index contributed by atoms with van der Waals surface area (Å²) < 4.78 is 48.0. The molecule has 1 fully saturated rings. The number of alkyl halides is 2. The second-order valence-corrected chi connectivity index (χ2v) is 11.4. The second-order valence-electron chi connectivity index (χ2n) is 11.4. The summed E-state index contributed by atoms with van der Waals surface area (Å²) in [5, 5.41) is 9.36. The van der Waals surface area contributed by atoms with E-state index < -0.39 is 18.2 Å². The van der Waals surface area contributed by atoms with Crippen LogP contribution in [0.3, 0.4) is 0 Å². The van der Waals surface area contributed by atoms with Crippen LogP contribution >= 0.6 is 0 Å².